The summed E-state index contributed by atoms with van der Waals surface area (Å²) in [6.07, 6.45) is -4.60. The molecule has 0 aliphatic carbocycles. The standard InChI is InChI=1S/C16H13F3N4S2/c1-23(2)15(24)21-11-3-5-12(6-4-11)25-14-8-10(9-20)7-13(22-14)16(17,18)19/h3-8H,1-2H3,(H,21,24). The van der Waals surface area contributed by atoms with Crippen LogP contribution in [0, 0.1) is 11.3 Å². The summed E-state index contributed by atoms with van der Waals surface area (Å²) in [5, 5.41) is 12.6. The highest BCUT2D eigenvalue weighted by Gasteiger charge is 2.33. The van der Waals surface area contributed by atoms with E-state index in [1.807, 2.05) is 14.1 Å². The number of nitriles is 1. The average molecular weight is 382 g/mol. The number of anilines is 1. The molecule has 2 aromatic rings. The second-order valence-corrected chi connectivity index (χ2v) is 6.62. The van der Waals surface area contributed by atoms with Gasteiger partial charge in [-0.25, -0.2) is 4.98 Å². The summed E-state index contributed by atoms with van der Waals surface area (Å²) in [5.74, 6) is 0. The fraction of sp³-hybridized carbons (Fsp3) is 0.188. The Morgan fingerprint density at radius 3 is 2.40 bits per heavy atom. The SMILES string of the molecule is CN(C)C(=S)Nc1ccc(Sc2cc(C#N)cc(C(F)(F)F)n2)cc1. The van der Waals surface area contributed by atoms with Crippen molar-refractivity contribution in [3.05, 3.63) is 47.7 Å². The van der Waals surface area contributed by atoms with Gasteiger partial charge < -0.3 is 10.2 Å². The monoisotopic (exact) mass is 382 g/mol. The molecule has 0 amide bonds. The number of alkyl halides is 3. The van der Waals surface area contributed by atoms with Crippen LogP contribution in [0.15, 0.2) is 46.3 Å². The molecule has 0 aliphatic heterocycles. The first-order valence-corrected chi connectivity index (χ1v) is 8.17. The third kappa shape index (κ3) is 5.34. The van der Waals surface area contributed by atoms with Gasteiger partial charge in [0.05, 0.1) is 11.6 Å². The molecule has 2 rings (SSSR count). The fourth-order valence-electron chi connectivity index (χ4n) is 1.73. The zero-order valence-corrected chi connectivity index (χ0v) is 14.9. The molecule has 1 aromatic carbocycles. The molecule has 0 saturated heterocycles. The van der Waals surface area contributed by atoms with Crippen molar-refractivity contribution in [2.75, 3.05) is 19.4 Å². The molecule has 1 heterocycles. The second-order valence-electron chi connectivity index (χ2n) is 5.14. The Bertz CT molecular complexity index is 812. The van der Waals surface area contributed by atoms with Gasteiger partial charge in [-0.3, -0.25) is 0 Å². The number of nitrogens with zero attached hydrogens (tertiary/aromatic N) is 3. The molecule has 1 N–H and O–H groups in total. The molecular weight excluding hydrogens is 369 g/mol. The highest BCUT2D eigenvalue weighted by atomic mass is 32.2. The number of nitrogens with one attached hydrogen (secondary N) is 1. The Kier molecular flexibility index (Phi) is 5.87. The zero-order valence-electron chi connectivity index (χ0n) is 13.3. The summed E-state index contributed by atoms with van der Waals surface area (Å²) in [5.41, 5.74) is -0.402. The maximum Gasteiger partial charge on any atom is 0.433 e. The van der Waals surface area contributed by atoms with E-state index in [-0.39, 0.29) is 10.6 Å². The van der Waals surface area contributed by atoms with Crippen LogP contribution < -0.4 is 5.32 Å². The van der Waals surface area contributed by atoms with E-state index in [4.69, 9.17) is 17.5 Å². The molecule has 0 bridgehead atoms. The number of halogens is 3. The maximum absolute atomic E-state index is 12.9. The molecule has 0 radical (unpaired) electrons. The molecular formula is C16H13F3N4S2. The van der Waals surface area contributed by atoms with Crippen molar-refractivity contribution in [2.45, 2.75) is 16.1 Å². The van der Waals surface area contributed by atoms with Crippen LogP contribution in [0.1, 0.15) is 11.3 Å². The van der Waals surface area contributed by atoms with Crippen LogP contribution in [0.3, 0.4) is 0 Å². The van der Waals surface area contributed by atoms with Crippen LogP contribution in [0.5, 0.6) is 0 Å². The summed E-state index contributed by atoms with van der Waals surface area (Å²) in [6, 6.07) is 10.8. The minimum Gasteiger partial charge on any atom is -0.355 e. The molecule has 0 spiro atoms. The first-order valence-electron chi connectivity index (χ1n) is 6.94. The van der Waals surface area contributed by atoms with Crippen LogP contribution >= 0.6 is 24.0 Å². The van der Waals surface area contributed by atoms with E-state index in [0.29, 0.717) is 10.0 Å². The van der Waals surface area contributed by atoms with Gasteiger partial charge in [-0.1, -0.05) is 11.8 Å². The van der Waals surface area contributed by atoms with Gasteiger partial charge in [-0.15, -0.1) is 0 Å². The van der Waals surface area contributed by atoms with Crippen molar-refractivity contribution in [3.8, 4) is 6.07 Å². The van der Waals surface area contributed by atoms with E-state index in [1.165, 1.54) is 6.07 Å². The van der Waals surface area contributed by atoms with Crippen LogP contribution in [0.4, 0.5) is 18.9 Å². The zero-order chi connectivity index (χ0) is 18.6. The van der Waals surface area contributed by atoms with Crippen LogP contribution in [-0.4, -0.2) is 29.1 Å². The van der Waals surface area contributed by atoms with Gasteiger partial charge in [0.15, 0.2) is 5.11 Å². The largest absolute Gasteiger partial charge is 0.433 e. The number of hydrogen-bond donors (Lipinski definition) is 1. The van der Waals surface area contributed by atoms with Gasteiger partial charge in [-0.2, -0.15) is 18.4 Å². The van der Waals surface area contributed by atoms with Gasteiger partial charge in [-0.05, 0) is 48.6 Å². The lowest BCUT2D eigenvalue weighted by molar-refractivity contribution is -0.141. The van der Waals surface area contributed by atoms with Crippen molar-refractivity contribution < 1.29 is 13.2 Å². The van der Waals surface area contributed by atoms with Crippen molar-refractivity contribution in [1.29, 1.82) is 5.26 Å². The Morgan fingerprint density at radius 1 is 1.24 bits per heavy atom. The molecule has 0 aliphatic rings. The lowest BCUT2D eigenvalue weighted by Crippen LogP contribution is -2.26. The van der Waals surface area contributed by atoms with Gasteiger partial charge in [0.2, 0.25) is 0 Å². The lowest BCUT2D eigenvalue weighted by Gasteiger charge is -2.15. The van der Waals surface area contributed by atoms with Gasteiger partial charge >= 0.3 is 6.18 Å². The Labute approximate surface area is 152 Å². The fourth-order valence-corrected chi connectivity index (χ4v) is 2.69. The number of hydrogen-bond acceptors (Lipinski definition) is 4. The molecule has 0 atom stereocenters. The second kappa shape index (κ2) is 7.72. The van der Waals surface area contributed by atoms with E-state index in [0.717, 1.165) is 23.5 Å². The van der Waals surface area contributed by atoms with Crippen LogP contribution in [0.25, 0.3) is 0 Å². The highest BCUT2D eigenvalue weighted by Crippen LogP contribution is 2.33. The number of rotatable bonds is 3. The quantitative estimate of drug-likeness (QED) is 0.795. The molecule has 0 saturated carbocycles. The first kappa shape index (κ1) is 19.0. The van der Waals surface area contributed by atoms with Gasteiger partial charge in [0, 0.05) is 24.7 Å². The number of aromatic nitrogens is 1. The first-order chi connectivity index (χ1) is 11.7. The molecule has 9 heteroatoms. The Balaban J connectivity index is 2.20. The van der Waals surface area contributed by atoms with E-state index < -0.39 is 11.9 Å². The van der Waals surface area contributed by atoms with Crippen molar-refractivity contribution in [1.82, 2.24) is 9.88 Å². The Morgan fingerprint density at radius 2 is 1.88 bits per heavy atom. The highest BCUT2D eigenvalue weighted by molar-refractivity contribution is 7.99. The van der Waals surface area contributed by atoms with E-state index in [1.54, 1.807) is 35.2 Å². The molecule has 1 aromatic heterocycles. The van der Waals surface area contributed by atoms with E-state index in [9.17, 15) is 13.2 Å². The summed E-state index contributed by atoms with van der Waals surface area (Å²) < 4.78 is 38.6. The summed E-state index contributed by atoms with van der Waals surface area (Å²) in [4.78, 5) is 6.02. The molecule has 130 valence electrons. The van der Waals surface area contributed by atoms with Crippen molar-refractivity contribution in [2.24, 2.45) is 0 Å². The Hall–Kier alpha value is -2.31. The third-order valence-corrected chi connectivity index (χ3v) is 4.35. The van der Waals surface area contributed by atoms with Gasteiger partial charge in [0.1, 0.15) is 10.7 Å². The lowest BCUT2D eigenvalue weighted by atomic mass is 10.2. The minimum atomic E-state index is -4.60. The van der Waals surface area contributed by atoms with Crippen LogP contribution in [0.2, 0.25) is 0 Å². The predicted molar refractivity (Wildman–Crippen MR) is 94.4 cm³/mol. The molecule has 25 heavy (non-hydrogen) atoms. The van der Waals surface area contributed by atoms with Crippen molar-refractivity contribution >= 4 is 34.8 Å². The van der Waals surface area contributed by atoms with Crippen molar-refractivity contribution in [3.63, 3.8) is 0 Å². The van der Waals surface area contributed by atoms with E-state index in [2.05, 4.69) is 10.3 Å². The number of pyridine rings is 1. The number of thiocarbonyl (C=S) groups is 1. The molecule has 0 unspecified atom stereocenters. The predicted octanol–water partition coefficient (Wildman–Crippen LogP) is 4.38. The number of benzene rings is 1. The van der Waals surface area contributed by atoms with Crippen LogP contribution in [-0.2, 0) is 6.18 Å². The maximum atomic E-state index is 12.9. The minimum absolute atomic E-state index is 0.0838. The summed E-state index contributed by atoms with van der Waals surface area (Å²) >= 11 is 6.19. The normalized spacial score (nSPS) is 10.9. The topological polar surface area (TPSA) is 52.0 Å². The summed E-state index contributed by atoms with van der Waals surface area (Å²) in [6.45, 7) is 0. The average Bonchev–Trinajstić information content (AvgIpc) is 2.55. The van der Waals surface area contributed by atoms with Gasteiger partial charge in [0.25, 0.3) is 0 Å². The third-order valence-electron chi connectivity index (χ3n) is 2.96. The summed E-state index contributed by atoms with van der Waals surface area (Å²) in [7, 11) is 3.62. The van der Waals surface area contributed by atoms with E-state index >= 15 is 0 Å². The molecule has 0 fully saturated rings. The smallest absolute Gasteiger partial charge is 0.355 e. The molecule has 4 nitrogen and oxygen atoms in total.